The van der Waals surface area contributed by atoms with Crippen LogP contribution in [0.3, 0.4) is 0 Å². The maximum Gasteiger partial charge on any atom is 0.224 e. The molecule has 1 amide bonds. The van der Waals surface area contributed by atoms with Crippen LogP contribution in [0, 0.1) is 5.92 Å². The summed E-state index contributed by atoms with van der Waals surface area (Å²) < 4.78 is 5.64. The number of piperidine rings is 1. The van der Waals surface area contributed by atoms with E-state index in [9.17, 15) is 4.79 Å². The predicted molar refractivity (Wildman–Crippen MR) is 84.5 cm³/mol. The van der Waals surface area contributed by atoms with E-state index in [2.05, 4.69) is 24.5 Å². The Morgan fingerprint density at radius 1 is 1.38 bits per heavy atom. The summed E-state index contributed by atoms with van der Waals surface area (Å²) in [5.41, 5.74) is 1.02. The molecule has 1 atom stereocenters. The van der Waals surface area contributed by atoms with E-state index in [1.165, 1.54) is 0 Å². The first kappa shape index (κ1) is 15.8. The number of ether oxygens (including phenoxy) is 1. The second-order valence-electron chi connectivity index (χ2n) is 6.14. The Balaban J connectivity index is 1.77. The van der Waals surface area contributed by atoms with E-state index in [-0.39, 0.29) is 11.9 Å². The molecule has 116 valence electrons. The normalized spacial score (nSPS) is 18.5. The summed E-state index contributed by atoms with van der Waals surface area (Å²) in [7, 11) is 0. The summed E-state index contributed by atoms with van der Waals surface area (Å²) in [4.78, 5) is 12.0. The monoisotopic (exact) mass is 290 g/mol. The van der Waals surface area contributed by atoms with Gasteiger partial charge < -0.3 is 15.4 Å². The highest BCUT2D eigenvalue weighted by atomic mass is 16.5. The van der Waals surface area contributed by atoms with Gasteiger partial charge in [-0.1, -0.05) is 26.0 Å². The highest BCUT2D eigenvalue weighted by molar-refractivity contribution is 5.78. The van der Waals surface area contributed by atoms with Gasteiger partial charge >= 0.3 is 0 Å². The Morgan fingerprint density at radius 2 is 2.14 bits per heavy atom. The van der Waals surface area contributed by atoms with E-state index in [0.717, 1.165) is 37.2 Å². The highest BCUT2D eigenvalue weighted by Crippen LogP contribution is 2.14. The van der Waals surface area contributed by atoms with E-state index in [1.54, 1.807) is 0 Å². The fourth-order valence-corrected chi connectivity index (χ4v) is 2.41. The molecule has 0 aromatic heterocycles. The van der Waals surface area contributed by atoms with Crippen LogP contribution in [-0.2, 0) is 11.2 Å². The van der Waals surface area contributed by atoms with Crippen molar-refractivity contribution in [3.8, 4) is 5.75 Å². The average Bonchev–Trinajstić information content (AvgIpc) is 2.47. The number of carbonyl (C=O) groups is 1. The van der Waals surface area contributed by atoms with E-state index in [1.807, 2.05) is 24.3 Å². The fraction of sp³-hybridized carbons (Fsp3) is 0.588. The fourth-order valence-electron chi connectivity index (χ4n) is 2.41. The Morgan fingerprint density at radius 3 is 2.76 bits per heavy atom. The molecule has 2 rings (SSSR count). The lowest BCUT2D eigenvalue weighted by Crippen LogP contribution is -2.46. The van der Waals surface area contributed by atoms with E-state index in [4.69, 9.17) is 4.74 Å². The minimum absolute atomic E-state index is 0.0968. The number of hydrogen-bond acceptors (Lipinski definition) is 3. The van der Waals surface area contributed by atoms with Crippen molar-refractivity contribution in [3.63, 3.8) is 0 Å². The molecule has 1 fully saturated rings. The first-order valence-corrected chi connectivity index (χ1v) is 7.85. The standard InChI is InChI=1S/C17H26N2O2/c1-13(2)12-21-16-7-5-14(6-8-16)10-17(20)19-15-4-3-9-18-11-15/h5-8,13,15,18H,3-4,9-12H2,1-2H3,(H,19,20). The summed E-state index contributed by atoms with van der Waals surface area (Å²) in [5, 5.41) is 6.39. The summed E-state index contributed by atoms with van der Waals surface area (Å²) in [6.07, 6.45) is 2.63. The minimum atomic E-state index is 0.0968. The first-order chi connectivity index (χ1) is 10.1. The summed E-state index contributed by atoms with van der Waals surface area (Å²) in [6.45, 7) is 6.91. The predicted octanol–water partition coefficient (Wildman–Crippen LogP) is 2.13. The maximum absolute atomic E-state index is 12.0. The van der Waals surface area contributed by atoms with Crippen molar-refractivity contribution >= 4 is 5.91 Å². The first-order valence-electron chi connectivity index (χ1n) is 7.85. The van der Waals surface area contributed by atoms with E-state index >= 15 is 0 Å². The number of rotatable bonds is 6. The second-order valence-corrected chi connectivity index (χ2v) is 6.14. The lowest BCUT2D eigenvalue weighted by molar-refractivity contribution is -0.121. The van der Waals surface area contributed by atoms with Gasteiger partial charge in [0.25, 0.3) is 0 Å². The van der Waals surface area contributed by atoms with Crippen molar-refractivity contribution in [2.45, 2.75) is 39.2 Å². The Labute approximate surface area is 127 Å². The Kier molecular flexibility index (Phi) is 6.05. The van der Waals surface area contributed by atoms with E-state index in [0.29, 0.717) is 18.9 Å². The molecule has 0 saturated carbocycles. The molecule has 1 aliphatic rings. The molecule has 0 aliphatic carbocycles. The second kappa shape index (κ2) is 8.03. The maximum atomic E-state index is 12.0. The third-order valence-electron chi connectivity index (χ3n) is 3.53. The molecular weight excluding hydrogens is 264 g/mol. The molecule has 1 aromatic carbocycles. The van der Waals surface area contributed by atoms with Gasteiger partial charge in [-0.15, -0.1) is 0 Å². The zero-order valence-electron chi connectivity index (χ0n) is 13.0. The van der Waals surface area contributed by atoms with Crippen molar-refractivity contribution in [3.05, 3.63) is 29.8 Å². The largest absolute Gasteiger partial charge is 0.493 e. The number of nitrogens with one attached hydrogen (secondary N) is 2. The van der Waals surface area contributed by atoms with Crippen molar-refractivity contribution in [2.75, 3.05) is 19.7 Å². The van der Waals surface area contributed by atoms with Crippen molar-refractivity contribution in [1.29, 1.82) is 0 Å². The summed E-state index contributed by atoms with van der Waals surface area (Å²) in [5.74, 6) is 1.48. The number of amides is 1. The minimum Gasteiger partial charge on any atom is -0.493 e. The third kappa shape index (κ3) is 5.76. The molecule has 1 aromatic rings. The molecule has 1 saturated heterocycles. The molecule has 1 unspecified atom stereocenters. The summed E-state index contributed by atoms with van der Waals surface area (Å²) >= 11 is 0. The van der Waals surface area contributed by atoms with Crippen LogP contribution in [0.15, 0.2) is 24.3 Å². The molecule has 21 heavy (non-hydrogen) atoms. The van der Waals surface area contributed by atoms with Gasteiger partial charge in [0, 0.05) is 12.6 Å². The van der Waals surface area contributed by atoms with Gasteiger partial charge in [0.2, 0.25) is 5.91 Å². The van der Waals surface area contributed by atoms with Crippen LogP contribution < -0.4 is 15.4 Å². The molecule has 2 N–H and O–H groups in total. The van der Waals surface area contributed by atoms with Crippen LogP contribution >= 0.6 is 0 Å². The number of carbonyl (C=O) groups excluding carboxylic acids is 1. The van der Waals surface area contributed by atoms with Crippen molar-refractivity contribution in [2.24, 2.45) is 5.92 Å². The van der Waals surface area contributed by atoms with Gasteiger partial charge in [-0.3, -0.25) is 4.79 Å². The quantitative estimate of drug-likeness (QED) is 0.844. The Bertz CT molecular complexity index is 437. The number of benzene rings is 1. The highest BCUT2D eigenvalue weighted by Gasteiger charge is 2.15. The van der Waals surface area contributed by atoms with Gasteiger partial charge in [0.1, 0.15) is 5.75 Å². The zero-order valence-corrected chi connectivity index (χ0v) is 13.0. The van der Waals surface area contributed by atoms with Crippen molar-refractivity contribution in [1.82, 2.24) is 10.6 Å². The molecular formula is C17H26N2O2. The van der Waals surface area contributed by atoms with Crippen molar-refractivity contribution < 1.29 is 9.53 Å². The Hall–Kier alpha value is -1.55. The lowest BCUT2D eigenvalue weighted by atomic mass is 10.1. The smallest absolute Gasteiger partial charge is 0.224 e. The van der Waals surface area contributed by atoms with Gasteiger partial charge in [-0.05, 0) is 43.0 Å². The van der Waals surface area contributed by atoms with Gasteiger partial charge in [0.15, 0.2) is 0 Å². The van der Waals surface area contributed by atoms with Crippen LogP contribution in [0.4, 0.5) is 0 Å². The van der Waals surface area contributed by atoms with Gasteiger partial charge in [-0.2, -0.15) is 0 Å². The molecule has 0 bridgehead atoms. The topological polar surface area (TPSA) is 50.4 Å². The third-order valence-corrected chi connectivity index (χ3v) is 3.53. The van der Waals surface area contributed by atoms with Crippen LogP contribution in [0.2, 0.25) is 0 Å². The van der Waals surface area contributed by atoms with Crippen LogP contribution in [0.25, 0.3) is 0 Å². The molecule has 1 aliphatic heterocycles. The lowest BCUT2D eigenvalue weighted by Gasteiger charge is -2.23. The van der Waals surface area contributed by atoms with Gasteiger partial charge in [-0.25, -0.2) is 0 Å². The number of hydrogen-bond donors (Lipinski definition) is 2. The molecule has 0 spiro atoms. The molecule has 4 heteroatoms. The van der Waals surface area contributed by atoms with E-state index < -0.39 is 0 Å². The SMILES string of the molecule is CC(C)COc1ccc(CC(=O)NC2CCCNC2)cc1. The molecule has 0 radical (unpaired) electrons. The summed E-state index contributed by atoms with van der Waals surface area (Å²) in [6, 6.07) is 8.09. The van der Waals surface area contributed by atoms with Crippen LogP contribution in [0.5, 0.6) is 5.75 Å². The van der Waals surface area contributed by atoms with Crippen LogP contribution in [-0.4, -0.2) is 31.6 Å². The average molecular weight is 290 g/mol. The van der Waals surface area contributed by atoms with Crippen LogP contribution in [0.1, 0.15) is 32.3 Å². The molecule has 4 nitrogen and oxygen atoms in total. The van der Waals surface area contributed by atoms with Gasteiger partial charge in [0.05, 0.1) is 13.0 Å². The molecule has 1 heterocycles. The zero-order chi connectivity index (χ0) is 15.1.